The fourth-order valence-electron chi connectivity index (χ4n) is 9.36. The molecular formula is C57H33N3O2. The molecule has 0 aliphatic carbocycles. The molecule has 13 rings (SSSR count). The first-order chi connectivity index (χ1) is 30.7. The third-order valence-corrected chi connectivity index (χ3v) is 12.3. The number of benzene rings is 10. The Morgan fingerprint density at radius 2 is 0.790 bits per heavy atom. The van der Waals surface area contributed by atoms with E-state index in [9.17, 15) is 0 Å². The number of aromatic nitrogens is 3. The fraction of sp³-hybridized carbons (Fsp3) is 0. The lowest BCUT2D eigenvalue weighted by Gasteiger charge is -2.14. The van der Waals surface area contributed by atoms with E-state index < -0.39 is 0 Å². The van der Waals surface area contributed by atoms with E-state index in [1.807, 2.05) is 36.4 Å². The molecule has 0 aliphatic rings. The van der Waals surface area contributed by atoms with Crippen molar-refractivity contribution < 1.29 is 8.83 Å². The van der Waals surface area contributed by atoms with Gasteiger partial charge in [0.2, 0.25) is 0 Å². The second-order valence-corrected chi connectivity index (χ2v) is 15.9. The fourth-order valence-corrected chi connectivity index (χ4v) is 9.36. The highest BCUT2D eigenvalue weighted by atomic mass is 16.3. The van der Waals surface area contributed by atoms with Crippen LogP contribution in [0.5, 0.6) is 0 Å². The van der Waals surface area contributed by atoms with Crippen molar-refractivity contribution in [2.45, 2.75) is 0 Å². The molecule has 0 amide bonds. The Balaban J connectivity index is 1.03. The van der Waals surface area contributed by atoms with Gasteiger partial charge in [0.15, 0.2) is 17.5 Å². The maximum absolute atomic E-state index is 6.32. The van der Waals surface area contributed by atoms with Crippen LogP contribution < -0.4 is 0 Å². The zero-order valence-corrected chi connectivity index (χ0v) is 33.2. The highest BCUT2D eigenvalue weighted by Crippen LogP contribution is 2.42. The summed E-state index contributed by atoms with van der Waals surface area (Å²) < 4.78 is 12.6. The molecule has 0 bridgehead atoms. The van der Waals surface area contributed by atoms with Gasteiger partial charge >= 0.3 is 0 Å². The Morgan fingerprint density at radius 1 is 0.258 bits per heavy atom. The first kappa shape index (κ1) is 34.5. The van der Waals surface area contributed by atoms with Gasteiger partial charge in [-0.15, -0.1) is 0 Å². The number of furan rings is 2. The van der Waals surface area contributed by atoms with Crippen LogP contribution in [0.3, 0.4) is 0 Å². The van der Waals surface area contributed by atoms with E-state index >= 15 is 0 Å². The zero-order valence-electron chi connectivity index (χ0n) is 33.2. The van der Waals surface area contributed by atoms with Gasteiger partial charge in [-0.1, -0.05) is 152 Å². The summed E-state index contributed by atoms with van der Waals surface area (Å²) in [7, 11) is 0. The van der Waals surface area contributed by atoms with Crippen molar-refractivity contribution in [2.24, 2.45) is 0 Å². The lowest BCUT2D eigenvalue weighted by molar-refractivity contribution is 0.668. The average Bonchev–Trinajstić information content (AvgIpc) is 3.92. The van der Waals surface area contributed by atoms with Gasteiger partial charge in [-0.2, -0.15) is 0 Å². The molecule has 0 atom stereocenters. The summed E-state index contributed by atoms with van der Waals surface area (Å²) in [6.45, 7) is 0. The van der Waals surface area contributed by atoms with Gasteiger partial charge in [-0.3, -0.25) is 0 Å². The first-order valence-corrected chi connectivity index (χ1v) is 20.8. The molecule has 10 aromatic carbocycles. The maximum atomic E-state index is 6.32. The lowest BCUT2D eigenvalue weighted by Crippen LogP contribution is -2.01. The van der Waals surface area contributed by atoms with Crippen molar-refractivity contribution in [3.8, 4) is 56.4 Å². The molecule has 3 aromatic heterocycles. The van der Waals surface area contributed by atoms with Crippen LogP contribution in [0.15, 0.2) is 209 Å². The van der Waals surface area contributed by atoms with Crippen molar-refractivity contribution >= 4 is 76.2 Å². The Kier molecular flexibility index (Phi) is 7.54. The van der Waals surface area contributed by atoms with Crippen LogP contribution in [-0.2, 0) is 0 Å². The Hall–Kier alpha value is -8.41. The molecule has 0 N–H and O–H groups in total. The first-order valence-electron chi connectivity index (χ1n) is 20.8. The second kappa shape index (κ2) is 13.6. The summed E-state index contributed by atoms with van der Waals surface area (Å²) in [6, 6.07) is 69.9. The summed E-state index contributed by atoms with van der Waals surface area (Å²) in [5.41, 5.74) is 10.8. The quantitative estimate of drug-likeness (QED) is 0.174. The SMILES string of the molecule is c1ccc(-c2ccc3ccc(-c4nc(-c5ccc6ccc7oc8ccccc8c7c6c5)nc(-c5ccc(-c6cccc7oc8ccccc8c67)c6ccccc56)n4)cc3c2)cc1. The molecule has 0 saturated heterocycles. The normalized spacial score (nSPS) is 11.9. The number of rotatable bonds is 5. The largest absolute Gasteiger partial charge is 0.456 e. The molecule has 0 radical (unpaired) electrons. The van der Waals surface area contributed by atoms with Crippen molar-refractivity contribution in [2.75, 3.05) is 0 Å². The topological polar surface area (TPSA) is 65.0 Å². The van der Waals surface area contributed by atoms with Gasteiger partial charge in [0.05, 0.1) is 0 Å². The van der Waals surface area contributed by atoms with E-state index in [1.165, 1.54) is 5.56 Å². The minimum Gasteiger partial charge on any atom is -0.456 e. The van der Waals surface area contributed by atoms with E-state index in [2.05, 4.69) is 164 Å². The van der Waals surface area contributed by atoms with Gasteiger partial charge in [0.1, 0.15) is 22.3 Å². The molecule has 0 spiro atoms. The van der Waals surface area contributed by atoms with Gasteiger partial charge in [0.25, 0.3) is 0 Å². The number of fused-ring (bicyclic) bond motifs is 10. The molecule has 3 heterocycles. The molecule has 13 aromatic rings. The van der Waals surface area contributed by atoms with Crippen molar-refractivity contribution in [1.82, 2.24) is 15.0 Å². The van der Waals surface area contributed by atoms with Crippen LogP contribution in [-0.4, -0.2) is 15.0 Å². The van der Waals surface area contributed by atoms with Crippen LogP contribution in [0.2, 0.25) is 0 Å². The van der Waals surface area contributed by atoms with E-state index in [4.69, 9.17) is 23.8 Å². The lowest BCUT2D eigenvalue weighted by atomic mass is 9.92. The second-order valence-electron chi connectivity index (χ2n) is 15.9. The van der Waals surface area contributed by atoms with E-state index in [1.54, 1.807) is 0 Å². The molecule has 0 unspecified atom stereocenters. The average molecular weight is 792 g/mol. The molecule has 288 valence electrons. The minimum absolute atomic E-state index is 0.595. The van der Waals surface area contributed by atoms with Crippen LogP contribution in [0.25, 0.3) is 133 Å². The predicted molar refractivity (Wildman–Crippen MR) is 254 cm³/mol. The summed E-state index contributed by atoms with van der Waals surface area (Å²) in [5, 5.41) is 11.0. The molecule has 5 heteroatoms. The summed E-state index contributed by atoms with van der Waals surface area (Å²) in [5.74, 6) is 1.80. The number of nitrogens with zero attached hydrogens (tertiary/aromatic N) is 3. The van der Waals surface area contributed by atoms with Crippen molar-refractivity contribution in [1.29, 1.82) is 0 Å². The van der Waals surface area contributed by atoms with Gasteiger partial charge in [0, 0.05) is 38.2 Å². The van der Waals surface area contributed by atoms with Crippen molar-refractivity contribution in [3.05, 3.63) is 200 Å². The van der Waals surface area contributed by atoms with Gasteiger partial charge in [-0.05, 0) is 103 Å². The molecule has 62 heavy (non-hydrogen) atoms. The number of hydrogen-bond acceptors (Lipinski definition) is 5. The Labute approximate surface area is 355 Å². The molecule has 0 aliphatic heterocycles. The minimum atomic E-state index is 0.595. The smallest absolute Gasteiger partial charge is 0.164 e. The monoisotopic (exact) mass is 791 g/mol. The zero-order chi connectivity index (χ0) is 40.7. The highest BCUT2D eigenvalue weighted by molar-refractivity contribution is 6.19. The number of hydrogen-bond donors (Lipinski definition) is 0. The summed E-state index contributed by atoms with van der Waals surface area (Å²) >= 11 is 0. The van der Waals surface area contributed by atoms with Crippen LogP contribution in [0.4, 0.5) is 0 Å². The summed E-state index contributed by atoms with van der Waals surface area (Å²) in [4.78, 5) is 15.9. The Bertz CT molecular complexity index is 3940. The van der Waals surface area contributed by atoms with Crippen LogP contribution in [0.1, 0.15) is 0 Å². The molecule has 5 nitrogen and oxygen atoms in total. The van der Waals surface area contributed by atoms with Crippen molar-refractivity contribution in [3.63, 3.8) is 0 Å². The molecule has 0 fully saturated rings. The van der Waals surface area contributed by atoms with Gasteiger partial charge in [-0.25, -0.2) is 15.0 Å². The molecule has 0 saturated carbocycles. The van der Waals surface area contributed by atoms with Crippen LogP contribution >= 0.6 is 0 Å². The van der Waals surface area contributed by atoms with E-state index in [0.717, 1.165) is 110 Å². The number of para-hydroxylation sites is 2. The highest BCUT2D eigenvalue weighted by Gasteiger charge is 2.20. The third-order valence-electron chi connectivity index (χ3n) is 12.3. The standard InChI is InChI=1S/C57H33N3O2/c1-2-11-34(12-3-1)37-24-21-35-22-25-38(32-40(35)31-37)55-58-56(39-26-23-36-27-30-52-54(48(36)33-39)47-16-7-9-19-50(47)62-52)60-57(59-55)45-29-28-43(41-13-4-5-14-42(41)45)44-17-10-20-51-53(44)46-15-6-8-18-49(46)61-51/h1-33H. The molecular weight excluding hydrogens is 759 g/mol. The van der Waals surface area contributed by atoms with E-state index in [0.29, 0.717) is 17.5 Å². The summed E-state index contributed by atoms with van der Waals surface area (Å²) in [6.07, 6.45) is 0. The third kappa shape index (κ3) is 5.45. The van der Waals surface area contributed by atoms with Gasteiger partial charge < -0.3 is 8.83 Å². The predicted octanol–water partition coefficient (Wildman–Crippen LogP) is 15.5. The maximum Gasteiger partial charge on any atom is 0.164 e. The van der Waals surface area contributed by atoms with E-state index in [-0.39, 0.29) is 0 Å². The Morgan fingerprint density at radius 3 is 1.55 bits per heavy atom. The van der Waals surface area contributed by atoms with Crippen LogP contribution in [0, 0.1) is 0 Å².